The van der Waals surface area contributed by atoms with Gasteiger partial charge in [-0.15, -0.1) is 0 Å². The maximum absolute atomic E-state index is 11.0. The minimum Gasteiger partial charge on any atom is -0.387 e. The lowest BCUT2D eigenvalue weighted by atomic mass is 10.1. The molecule has 6 nitrogen and oxygen atoms in total. The SMILES string of the molecule is CCCCCCCCCCN(CC)CC(O)c1ccc(NS(N)(=O)=O)cc1. The molecule has 0 aliphatic heterocycles. The van der Waals surface area contributed by atoms with Gasteiger partial charge in [-0.05, 0) is 37.2 Å². The number of likely N-dealkylation sites (N-methyl/N-ethyl adjacent to an activating group) is 1. The van der Waals surface area contributed by atoms with Gasteiger partial charge in [0.2, 0.25) is 0 Å². The highest BCUT2D eigenvalue weighted by Crippen LogP contribution is 2.18. The molecule has 1 rings (SSSR count). The zero-order valence-corrected chi connectivity index (χ0v) is 17.7. The molecule has 1 aromatic rings. The van der Waals surface area contributed by atoms with Crippen LogP contribution in [0.2, 0.25) is 0 Å². The van der Waals surface area contributed by atoms with Crippen LogP contribution in [0.3, 0.4) is 0 Å². The third kappa shape index (κ3) is 11.3. The van der Waals surface area contributed by atoms with Crippen LogP contribution >= 0.6 is 0 Å². The number of nitrogens with one attached hydrogen (secondary N) is 1. The molecule has 0 spiro atoms. The molecule has 1 atom stereocenters. The van der Waals surface area contributed by atoms with Crippen LogP contribution in [-0.4, -0.2) is 38.1 Å². The van der Waals surface area contributed by atoms with Crippen molar-refractivity contribution in [3.8, 4) is 0 Å². The van der Waals surface area contributed by atoms with Crippen molar-refractivity contribution in [3.05, 3.63) is 29.8 Å². The highest BCUT2D eigenvalue weighted by Gasteiger charge is 2.13. The van der Waals surface area contributed by atoms with Gasteiger partial charge >= 0.3 is 0 Å². The van der Waals surface area contributed by atoms with Crippen LogP contribution < -0.4 is 9.86 Å². The summed E-state index contributed by atoms with van der Waals surface area (Å²) < 4.78 is 24.3. The first-order valence-electron chi connectivity index (χ1n) is 10.2. The first-order valence-corrected chi connectivity index (χ1v) is 11.7. The third-order valence-corrected chi connectivity index (χ3v) is 5.28. The van der Waals surface area contributed by atoms with Crippen LogP contribution in [0, 0.1) is 0 Å². The number of anilines is 1. The van der Waals surface area contributed by atoms with Crippen LogP contribution in [0.5, 0.6) is 0 Å². The van der Waals surface area contributed by atoms with Crippen LogP contribution in [-0.2, 0) is 10.2 Å². The summed E-state index contributed by atoms with van der Waals surface area (Å²) in [4.78, 5) is 2.26. The van der Waals surface area contributed by atoms with E-state index in [-0.39, 0.29) is 0 Å². The summed E-state index contributed by atoms with van der Waals surface area (Å²) >= 11 is 0. The fourth-order valence-electron chi connectivity index (χ4n) is 3.14. The molecule has 0 heterocycles. The smallest absolute Gasteiger partial charge is 0.296 e. The molecule has 7 heteroatoms. The van der Waals surface area contributed by atoms with Crippen molar-refractivity contribution in [3.63, 3.8) is 0 Å². The Morgan fingerprint density at radius 1 is 1.00 bits per heavy atom. The fourth-order valence-corrected chi connectivity index (χ4v) is 3.60. The summed E-state index contributed by atoms with van der Waals surface area (Å²) in [6.07, 6.45) is 9.77. The number of nitrogens with two attached hydrogens (primary N) is 1. The molecule has 1 aromatic carbocycles. The Morgan fingerprint density at radius 3 is 2.07 bits per heavy atom. The molecule has 0 saturated heterocycles. The lowest BCUT2D eigenvalue weighted by Gasteiger charge is -2.24. The third-order valence-electron chi connectivity index (χ3n) is 4.76. The number of rotatable bonds is 15. The number of benzene rings is 1. The van der Waals surface area contributed by atoms with Gasteiger partial charge in [-0.3, -0.25) is 4.72 Å². The molecule has 0 fully saturated rings. The van der Waals surface area contributed by atoms with Gasteiger partial charge in [0.25, 0.3) is 10.2 Å². The van der Waals surface area contributed by atoms with Crippen molar-refractivity contribution < 1.29 is 13.5 Å². The van der Waals surface area contributed by atoms with Crippen molar-refractivity contribution in [1.82, 2.24) is 4.90 Å². The number of nitrogens with zero attached hydrogens (tertiary/aromatic N) is 1. The number of aliphatic hydroxyl groups excluding tert-OH is 1. The summed E-state index contributed by atoms with van der Waals surface area (Å²) in [7, 11) is -3.78. The highest BCUT2D eigenvalue weighted by molar-refractivity contribution is 7.90. The van der Waals surface area contributed by atoms with E-state index >= 15 is 0 Å². The van der Waals surface area contributed by atoms with Crippen molar-refractivity contribution in [2.45, 2.75) is 71.3 Å². The number of hydrogen-bond acceptors (Lipinski definition) is 4. The van der Waals surface area contributed by atoms with Crippen LogP contribution in [0.25, 0.3) is 0 Å². The van der Waals surface area contributed by atoms with Gasteiger partial charge in [-0.25, -0.2) is 5.14 Å². The molecule has 1 unspecified atom stereocenters. The van der Waals surface area contributed by atoms with Crippen molar-refractivity contribution in [2.75, 3.05) is 24.4 Å². The minimum atomic E-state index is -3.78. The standard InChI is InChI=1S/C20H37N3O3S/c1-3-5-6-7-8-9-10-11-16-23(4-2)17-20(24)18-12-14-19(15-13-18)22-27(21,25)26/h12-15,20,22,24H,3-11,16-17H2,1-2H3,(H2,21,25,26). The van der Waals surface area contributed by atoms with E-state index in [2.05, 4.69) is 23.5 Å². The van der Waals surface area contributed by atoms with E-state index < -0.39 is 16.3 Å². The van der Waals surface area contributed by atoms with Crippen LogP contribution in [0.15, 0.2) is 24.3 Å². The molecular formula is C20H37N3O3S. The summed E-state index contributed by atoms with van der Waals surface area (Å²) in [5.41, 5.74) is 1.16. The Balaban J connectivity index is 2.32. The molecule has 0 aliphatic carbocycles. The molecule has 0 aromatic heterocycles. The van der Waals surface area contributed by atoms with E-state index in [0.29, 0.717) is 12.2 Å². The zero-order valence-electron chi connectivity index (χ0n) is 16.9. The van der Waals surface area contributed by atoms with Gasteiger partial charge in [0.15, 0.2) is 0 Å². The second-order valence-corrected chi connectivity index (χ2v) is 8.45. The van der Waals surface area contributed by atoms with Crippen molar-refractivity contribution in [1.29, 1.82) is 0 Å². The predicted octanol–water partition coefficient (Wildman–Crippen LogP) is 3.80. The second-order valence-electron chi connectivity index (χ2n) is 7.15. The van der Waals surface area contributed by atoms with E-state index in [9.17, 15) is 13.5 Å². The Bertz CT molecular complexity index is 605. The molecule has 0 radical (unpaired) electrons. The molecule has 27 heavy (non-hydrogen) atoms. The van der Waals surface area contributed by atoms with E-state index in [1.807, 2.05) is 0 Å². The summed E-state index contributed by atoms with van der Waals surface area (Å²) in [6.45, 7) is 6.82. The number of unbranched alkanes of at least 4 members (excludes halogenated alkanes) is 7. The zero-order chi connectivity index (χ0) is 20.1. The number of hydrogen-bond donors (Lipinski definition) is 3. The van der Waals surface area contributed by atoms with Gasteiger partial charge < -0.3 is 10.0 Å². The topological polar surface area (TPSA) is 95.7 Å². The van der Waals surface area contributed by atoms with Gasteiger partial charge in [0.1, 0.15) is 0 Å². The summed E-state index contributed by atoms with van der Waals surface area (Å²) in [5.74, 6) is 0. The quantitative estimate of drug-likeness (QED) is 0.391. The first kappa shape index (κ1) is 23.9. The normalized spacial score (nSPS) is 13.1. The maximum atomic E-state index is 11.0. The van der Waals surface area contributed by atoms with Crippen LogP contribution in [0.4, 0.5) is 5.69 Å². The monoisotopic (exact) mass is 399 g/mol. The number of aliphatic hydroxyl groups is 1. The Kier molecular flexibility index (Phi) is 11.6. The molecule has 156 valence electrons. The van der Waals surface area contributed by atoms with Crippen molar-refractivity contribution >= 4 is 15.9 Å². The van der Waals surface area contributed by atoms with E-state index in [1.165, 1.54) is 44.9 Å². The molecule has 0 amide bonds. The lowest BCUT2D eigenvalue weighted by Crippen LogP contribution is -2.29. The van der Waals surface area contributed by atoms with Crippen LogP contribution in [0.1, 0.15) is 76.9 Å². The lowest BCUT2D eigenvalue weighted by molar-refractivity contribution is 0.115. The van der Waals surface area contributed by atoms with E-state index in [1.54, 1.807) is 24.3 Å². The Labute approximate surface area is 165 Å². The average molecular weight is 400 g/mol. The fraction of sp³-hybridized carbons (Fsp3) is 0.700. The molecule has 0 saturated carbocycles. The second kappa shape index (κ2) is 13.1. The van der Waals surface area contributed by atoms with Gasteiger partial charge in [0.05, 0.1) is 6.10 Å². The summed E-state index contributed by atoms with van der Waals surface area (Å²) in [6, 6.07) is 6.67. The maximum Gasteiger partial charge on any atom is 0.296 e. The molecule has 0 bridgehead atoms. The van der Waals surface area contributed by atoms with Gasteiger partial charge in [-0.1, -0.05) is 70.9 Å². The average Bonchev–Trinajstić information content (AvgIpc) is 2.62. The van der Waals surface area contributed by atoms with Crippen molar-refractivity contribution in [2.24, 2.45) is 5.14 Å². The Hall–Kier alpha value is -1.15. The van der Waals surface area contributed by atoms with E-state index in [0.717, 1.165) is 25.1 Å². The summed E-state index contributed by atoms with van der Waals surface area (Å²) in [5, 5.41) is 15.4. The molecule has 4 N–H and O–H groups in total. The van der Waals surface area contributed by atoms with E-state index in [4.69, 9.17) is 5.14 Å². The predicted molar refractivity (Wildman–Crippen MR) is 113 cm³/mol. The van der Waals surface area contributed by atoms with Gasteiger partial charge in [-0.2, -0.15) is 8.42 Å². The molecular weight excluding hydrogens is 362 g/mol. The molecule has 0 aliphatic rings. The minimum absolute atomic E-state index is 0.389. The largest absolute Gasteiger partial charge is 0.387 e. The van der Waals surface area contributed by atoms with Gasteiger partial charge in [0, 0.05) is 12.2 Å². The highest BCUT2D eigenvalue weighted by atomic mass is 32.2. The Morgan fingerprint density at radius 2 is 1.56 bits per heavy atom. The first-order chi connectivity index (χ1) is 12.9.